The molecule has 1 aromatic carbocycles. The monoisotopic (exact) mass is 412 g/mol. The van der Waals surface area contributed by atoms with Crippen LogP contribution in [0.1, 0.15) is 21.2 Å². The van der Waals surface area contributed by atoms with Gasteiger partial charge in [0, 0.05) is 48.2 Å². The van der Waals surface area contributed by atoms with Crippen LogP contribution >= 0.6 is 22.7 Å². The van der Waals surface area contributed by atoms with E-state index in [0.717, 1.165) is 21.3 Å². The standard InChI is InChI=1S/C20H20N4O2S2/c1-14-12-27-17(21-14)11-18(25)23-7-9-24(10-8-23)20(26)16-13-28-19(22-16)15-5-3-2-4-6-15/h2-6,12-13H,7-11H2,1H3. The minimum atomic E-state index is -0.0684. The number of benzene rings is 1. The lowest BCUT2D eigenvalue weighted by Crippen LogP contribution is -2.51. The molecule has 0 unspecified atom stereocenters. The molecule has 144 valence electrons. The fourth-order valence-electron chi connectivity index (χ4n) is 3.13. The number of carbonyl (C=O) groups excluding carboxylic acids is 2. The topological polar surface area (TPSA) is 66.4 Å². The van der Waals surface area contributed by atoms with Crippen molar-refractivity contribution in [2.24, 2.45) is 0 Å². The maximum atomic E-state index is 12.8. The van der Waals surface area contributed by atoms with Crippen molar-refractivity contribution >= 4 is 34.5 Å². The Morgan fingerprint density at radius 3 is 2.36 bits per heavy atom. The molecule has 2 aromatic heterocycles. The largest absolute Gasteiger partial charge is 0.339 e. The van der Waals surface area contributed by atoms with E-state index in [0.29, 0.717) is 38.3 Å². The van der Waals surface area contributed by atoms with Crippen LogP contribution in [-0.4, -0.2) is 57.8 Å². The minimum absolute atomic E-state index is 0.0684. The Balaban J connectivity index is 1.34. The number of nitrogens with zero attached hydrogens (tertiary/aromatic N) is 4. The zero-order valence-electron chi connectivity index (χ0n) is 15.5. The number of aryl methyl sites for hydroxylation is 1. The lowest BCUT2D eigenvalue weighted by molar-refractivity contribution is -0.131. The zero-order chi connectivity index (χ0) is 19.5. The molecule has 2 amide bonds. The molecule has 1 saturated heterocycles. The van der Waals surface area contributed by atoms with Gasteiger partial charge in [0.25, 0.3) is 5.91 Å². The second kappa shape index (κ2) is 8.20. The highest BCUT2D eigenvalue weighted by molar-refractivity contribution is 7.13. The number of piperazine rings is 1. The average Bonchev–Trinajstić information content (AvgIpc) is 3.37. The predicted molar refractivity (Wildman–Crippen MR) is 111 cm³/mol. The van der Waals surface area contributed by atoms with E-state index in [4.69, 9.17) is 0 Å². The van der Waals surface area contributed by atoms with E-state index < -0.39 is 0 Å². The molecular formula is C20H20N4O2S2. The number of thiazole rings is 2. The van der Waals surface area contributed by atoms with E-state index in [1.807, 2.05) is 52.9 Å². The van der Waals surface area contributed by atoms with E-state index in [2.05, 4.69) is 9.97 Å². The van der Waals surface area contributed by atoms with Gasteiger partial charge in [-0.25, -0.2) is 9.97 Å². The minimum Gasteiger partial charge on any atom is -0.339 e. The number of aromatic nitrogens is 2. The molecule has 8 heteroatoms. The Bertz CT molecular complexity index is 975. The van der Waals surface area contributed by atoms with Crippen molar-refractivity contribution in [2.45, 2.75) is 13.3 Å². The van der Waals surface area contributed by atoms with Gasteiger partial charge in [-0.15, -0.1) is 22.7 Å². The first kappa shape index (κ1) is 18.8. The Kier molecular flexibility index (Phi) is 5.50. The number of hydrogen-bond acceptors (Lipinski definition) is 6. The summed E-state index contributed by atoms with van der Waals surface area (Å²) < 4.78 is 0. The third kappa shape index (κ3) is 4.13. The summed E-state index contributed by atoms with van der Waals surface area (Å²) in [6.07, 6.45) is 0.332. The van der Waals surface area contributed by atoms with E-state index in [-0.39, 0.29) is 11.8 Å². The Hall–Kier alpha value is -2.58. The van der Waals surface area contributed by atoms with Gasteiger partial charge in [-0.2, -0.15) is 0 Å². The highest BCUT2D eigenvalue weighted by Crippen LogP contribution is 2.24. The molecule has 0 atom stereocenters. The highest BCUT2D eigenvalue weighted by atomic mass is 32.1. The first-order valence-electron chi connectivity index (χ1n) is 9.09. The lowest BCUT2D eigenvalue weighted by atomic mass is 10.2. The van der Waals surface area contributed by atoms with Crippen LogP contribution in [0.25, 0.3) is 10.6 Å². The van der Waals surface area contributed by atoms with Crippen LogP contribution in [0, 0.1) is 6.92 Å². The van der Waals surface area contributed by atoms with Crippen molar-refractivity contribution in [3.05, 3.63) is 57.5 Å². The van der Waals surface area contributed by atoms with Gasteiger partial charge >= 0.3 is 0 Å². The first-order valence-corrected chi connectivity index (χ1v) is 10.8. The molecule has 0 N–H and O–H groups in total. The van der Waals surface area contributed by atoms with Gasteiger partial charge in [-0.3, -0.25) is 9.59 Å². The SMILES string of the molecule is Cc1csc(CC(=O)N2CCN(C(=O)c3csc(-c4ccccc4)n3)CC2)n1. The summed E-state index contributed by atoms with van der Waals surface area (Å²) in [5.74, 6) is 0.00236. The van der Waals surface area contributed by atoms with Crippen molar-refractivity contribution < 1.29 is 9.59 Å². The van der Waals surface area contributed by atoms with Crippen LogP contribution in [0.5, 0.6) is 0 Å². The van der Waals surface area contributed by atoms with E-state index in [9.17, 15) is 9.59 Å². The highest BCUT2D eigenvalue weighted by Gasteiger charge is 2.26. The van der Waals surface area contributed by atoms with Crippen molar-refractivity contribution in [3.63, 3.8) is 0 Å². The summed E-state index contributed by atoms with van der Waals surface area (Å²) in [7, 11) is 0. The second-order valence-corrected chi connectivity index (χ2v) is 8.44. The van der Waals surface area contributed by atoms with Crippen LogP contribution in [-0.2, 0) is 11.2 Å². The van der Waals surface area contributed by atoms with Crippen LogP contribution in [0.4, 0.5) is 0 Å². The smallest absolute Gasteiger partial charge is 0.273 e. The maximum Gasteiger partial charge on any atom is 0.273 e. The first-order chi connectivity index (χ1) is 13.6. The number of hydrogen-bond donors (Lipinski definition) is 0. The Labute approximate surface area is 171 Å². The van der Waals surface area contributed by atoms with Gasteiger partial charge in [-0.1, -0.05) is 30.3 Å². The van der Waals surface area contributed by atoms with Gasteiger partial charge in [0.2, 0.25) is 5.91 Å². The number of amides is 2. The molecule has 1 fully saturated rings. The Morgan fingerprint density at radius 1 is 0.964 bits per heavy atom. The summed E-state index contributed by atoms with van der Waals surface area (Å²) in [6, 6.07) is 9.85. The van der Waals surface area contributed by atoms with Gasteiger partial charge in [0.15, 0.2) is 0 Å². The zero-order valence-corrected chi connectivity index (χ0v) is 17.1. The summed E-state index contributed by atoms with van der Waals surface area (Å²) in [6.45, 7) is 4.07. The molecule has 6 nitrogen and oxygen atoms in total. The van der Waals surface area contributed by atoms with Crippen LogP contribution < -0.4 is 0 Å². The molecular weight excluding hydrogens is 392 g/mol. The number of carbonyl (C=O) groups is 2. The molecule has 0 saturated carbocycles. The molecule has 1 aliphatic rings. The summed E-state index contributed by atoms with van der Waals surface area (Å²) >= 11 is 2.99. The third-order valence-corrected chi connectivity index (χ3v) is 6.49. The number of rotatable bonds is 4. The molecule has 3 heterocycles. The van der Waals surface area contributed by atoms with Crippen LogP contribution in [0.2, 0.25) is 0 Å². The molecule has 3 aromatic rings. The van der Waals surface area contributed by atoms with E-state index in [1.54, 1.807) is 4.90 Å². The van der Waals surface area contributed by atoms with Crippen molar-refractivity contribution in [3.8, 4) is 10.6 Å². The van der Waals surface area contributed by atoms with Crippen LogP contribution in [0.3, 0.4) is 0 Å². The Morgan fingerprint density at radius 2 is 1.68 bits per heavy atom. The van der Waals surface area contributed by atoms with Crippen molar-refractivity contribution in [1.82, 2.24) is 19.8 Å². The third-order valence-electron chi connectivity index (χ3n) is 4.63. The molecule has 0 aliphatic carbocycles. The molecule has 28 heavy (non-hydrogen) atoms. The van der Waals surface area contributed by atoms with Gasteiger partial charge in [0.05, 0.1) is 6.42 Å². The molecule has 0 radical (unpaired) electrons. The van der Waals surface area contributed by atoms with Gasteiger partial charge in [-0.05, 0) is 6.92 Å². The van der Waals surface area contributed by atoms with Crippen LogP contribution in [0.15, 0.2) is 41.1 Å². The van der Waals surface area contributed by atoms with Crippen molar-refractivity contribution in [1.29, 1.82) is 0 Å². The molecule has 1 aliphatic heterocycles. The van der Waals surface area contributed by atoms with E-state index >= 15 is 0 Å². The average molecular weight is 413 g/mol. The molecule has 4 rings (SSSR count). The fraction of sp³-hybridized carbons (Fsp3) is 0.300. The van der Waals surface area contributed by atoms with Gasteiger partial charge in [0.1, 0.15) is 15.7 Å². The summed E-state index contributed by atoms with van der Waals surface area (Å²) in [5, 5.41) is 5.46. The maximum absolute atomic E-state index is 12.8. The van der Waals surface area contributed by atoms with E-state index in [1.165, 1.54) is 22.7 Å². The van der Waals surface area contributed by atoms with Gasteiger partial charge < -0.3 is 9.80 Å². The molecule has 0 spiro atoms. The summed E-state index contributed by atoms with van der Waals surface area (Å²) in [5.41, 5.74) is 2.43. The second-order valence-electron chi connectivity index (χ2n) is 6.64. The fourth-order valence-corrected chi connectivity index (χ4v) is 4.69. The normalized spacial score (nSPS) is 14.3. The molecule has 0 bridgehead atoms. The van der Waals surface area contributed by atoms with Crippen molar-refractivity contribution in [2.75, 3.05) is 26.2 Å². The predicted octanol–water partition coefficient (Wildman–Crippen LogP) is 3.10. The lowest BCUT2D eigenvalue weighted by Gasteiger charge is -2.34. The summed E-state index contributed by atoms with van der Waals surface area (Å²) in [4.78, 5) is 37.7. The quantitative estimate of drug-likeness (QED) is 0.660.